The fourth-order valence-corrected chi connectivity index (χ4v) is 3.89. The van der Waals surface area contributed by atoms with Crippen LogP contribution in [-0.4, -0.2) is 20.2 Å². The maximum Gasteiger partial charge on any atom is 0.264 e. The van der Waals surface area contributed by atoms with Crippen LogP contribution in [0.4, 0.5) is 5.69 Å². The van der Waals surface area contributed by atoms with Crippen LogP contribution in [0.3, 0.4) is 0 Å². The summed E-state index contributed by atoms with van der Waals surface area (Å²) in [6.45, 7) is -0.557. The van der Waals surface area contributed by atoms with Gasteiger partial charge in [0.1, 0.15) is 6.54 Å². The monoisotopic (exact) mass is 377 g/mol. The average Bonchev–Trinajstić information content (AvgIpc) is 2.48. The van der Waals surface area contributed by atoms with E-state index in [0.29, 0.717) is 0 Å². The van der Waals surface area contributed by atoms with Gasteiger partial charge in [-0.15, -0.1) is 0 Å². The van der Waals surface area contributed by atoms with Crippen LogP contribution in [0.2, 0.25) is 10.0 Å². The van der Waals surface area contributed by atoms with Crippen LogP contribution in [0.1, 0.15) is 0 Å². The van der Waals surface area contributed by atoms with Crippen molar-refractivity contribution in [1.29, 1.82) is 0 Å². The molecule has 0 saturated carbocycles. The molecule has 0 aliphatic heterocycles. The number of hydrogen-bond acceptors (Lipinski definition) is 3. The predicted octanol–water partition coefficient (Wildman–Crippen LogP) is 3.95. The van der Waals surface area contributed by atoms with Gasteiger partial charge in [-0.25, -0.2) is 8.42 Å². The fourth-order valence-electron chi connectivity index (χ4n) is 1.81. The van der Waals surface area contributed by atoms with E-state index in [9.17, 15) is 13.2 Å². The molecule has 0 unspecified atom stereocenters. The van der Waals surface area contributed by atoms with E-state index in [0.717, 1.165) is 4.31 Å². The Morgan fingerprint density at radius 1 is 1.05 bits per heavy atom. The van der Waals surface area contributed by atoms with Gasteiger partial charge in [-0.05, 0) is 41.9 Å². The summed E-state index contributed by atoms with van der Waals surface area (Å²) in [5, 5.41) is -0.410. The van der Waals surface area contributed by atoms with Crippen molar-refractivity contribution in [2.45, 2.75) is 4.90 Å². The zero-order chi connectivity index (χ0) is 16.3. The molecule has 22 heavy (non-hydrogen) atoms. The van der Waals surface area contributed by atoms with Gasteiger partial charge >= 0.3 is 0 Å². The fraction of sp³-hybridized carbons (Fsp3) is 0.0714. The molecule has 0 heterocycles. The van der Waals surface area contributed by atoms with Crippen molar-refractivity contribution in [2.24, 2.45) is 0 Å². The highest BCUT2D eigenvalue weighted by Crippen LogP contribution is 2.32. The zero-order valence-corrected chi connectivity index (χ0v) is 14.1. The van der Waals surface area contributed by atoms with Crippen LogP contribution < -0.4 is 4.31 Å². The van der Waals surface area contributed by atoms with Crippen molar-refractivity contribution in [3.05, 3.63) is 58.6 Å². The van der Waals surface area contributed by atoms with Gasteiger partial charge in [0.2, 0.25) is 5.24 Å². The number of hydrogen-bond donors (Lipinski definition) is 0. The van der Waals surface area contributed by atoms with E-state index < -0.39 is 21.8 Å². The second-order valence-corrected chi connectivity index (χ2v) is 7.40. The Kier molecular flexibility index (Phi) is 5.34. The molecule has 0 N–H and O–H groups in total. The predicted molar refractivity (Wildman–Crippen MR) is 88.3 cm³/mol. The normalized spacial score (nSPS) is 11.2. The summed E-state index contributed by atoms with van der Waals surface area (Å²) in [5.74, 6) is 0. The first-order valence-corrected chi connectivity index (χ1v) is 8.61. The van der Waals surface area contributed by atoms with Crippen LogP contribution >= 0.6 is 34.8 Å². The Labute approximate surface area is 143 Å². The Morgan fingerprint density at radius 2 is 1.68 bits per heavy atom. The number of carbonyl (C=O) groups excluding carboxylic acids is 1. The lowest BCUT2D eigenvalue weighted by atomic mass is 10.3. The molecule has 0 spiro atoms. The number of rotatable bonds is 5. The lowest BCUT2D eigenvalue weighted by molar-refractivity contribution is -0.110. The van der Waals surface area contributed by atoms with Crippen molar-refractivity contribution < 1.29 is 13.2 Å². The first kappa shape index (κ1) is 17.1. The molecule has 0 fully saturated rings. The van der Waals surface area contributed by atoms with Crippen molar-refractivity contribution in [3.8, 4) is 0 Å². The molecule has 2 aromatic rings. The molecule has 0 amide bonds. The smallest absolute Gasteiger partial charge is 0.264 e. The third-order valence-corrected chi connectivity index (χ3v) is 5.22. The molecular formula is C14H10Cl3NO3S. The molecule has 0 aromatic heterocycles. The zero-order valence-electron chi connectivity index (χ0n) is 11.0. The molecule has 0 aliphatic rings. The third kappa shape index (κ3) is 3.73. The molecule has 0 saturated heterocycles. The summed E-state index contributed by atoms with van der Waals surface area (Å²) in [4.78, 5) is 11.3. The average molecular weight is 379 g/mol. The molecule has 4 nitrogen and oxygen atoms in total. The van der Waals surface area contributed by atoms with E-state index in [1.807, 2.05) is 0 Å². The minimum absolute atomic E-state index is 0.0176. The van der Waals surface area contributed by atoms with Crippen molar-refractivity contribution >= 4 is 55.8 Å². The Hall–Kier alpha value is -1.27. The number of anilines is 1. The molecule has 116 valence electrons. The molecular weight excluding hydrogens is 369 g/mol. The summed E-state index contributed by atoms with van der Waals surface area (Å²) in [5.41, 5.74) is 0.0898. The number of sulfonamides is 1. The topological polar surface area (TPSA) is 54.5 Å². The molecule has 8 heteroatoms. The van der Waals surface area contributed by atoms with Gasteiger partial charge in [-0.2, -0.15) is 0 Å². The lowest BCUT2D eigenvalue weighted by Gasteiger charge is -2.24. The summed E-state index contributed by atoms with van der Waals surface area (Å²) in [6.07, 6.45) is 0. The molecule has 2 rings (SSSR count). The van der Waals surface area contributed by atoms with Crippen molar-refractivity contribution in [2.75, 3.05) is 10.8 Å². The first-order valence-electron chi connectivity index (χ1n) is 6.03. The summed E-state index contributed by atoms with van der Waals surface area (Å²) >= 11 is 17.3. The van der Waals surface area contributed by atoms with E-state index >= 15 is 0 Å². The molecule has 0 radical (unpaired) electrons. The van der Waals surface area contributed by atoms with E-state index in [-0.39, 0.29) is 20.6 Å². The minimum Gasteiger partial charge on any atom is -0.279 e. The summed E-state index contributed by atoms with van der Waals surface area (Å²) in [6, 6.07) is 12.0. The van der Waals surface area contributed by atoms with Gasteiger partial charge in [-0.3, -0.25) is 9.10 Å². The molecule has 0 bridgehead atoms. The third-order valence-electron chi connectivity index (χ3n) is 2.78. The highest BCUT2D eigenvalue weighted by Gasteiger charge is 2.28. The van der Waals surface area contributed by atoms with Crippen LogP contribution in [0, 0.1) is 0 Å². The second-order valence-electron chi connectivity index (χ2n) is 4.28. The molecule has 2 aromatic carbocycles. The number of halogens is 3. The van der Waals surface area contributed by atoms with E-state index in [1.165, 1.54) is 30.3 Å². The standard InChI is InChI=1S/C14H10Cl3NO3S/c15-10-6-7-12(16)13(8-10)18(9-14(17)19)22(20,21)11-4-2-1-3-5-11/h1-8H,9H2. The highest BCUT2D eigenvalue weighted by molar-refractivity contribution is 7.92. The number of nitrogens with zero attached hydrogens (tertiary/aromatic N) is 1. The van der Waals surface area contributed by atoms with E-state index in [2.05, 4.69) is 0 Å². The van der Waals surface area contributed by atoms with Crippen LogP contribution in [-0.2, 0) is 14.8 Å². The largest absolute Gasteiger partial charge is 0.279 e. The minimum atomic E-state index is -4.00. The molecule has 0 aliphatic carbocycles. The van der Waals surface area contributed by atoms with E-state index in [4.69, 9.17) is 34.8 Å². The van der Waals surface area contributed by atoms with Crippen LogP contribution in [0.5, 0.6) is 0 Å². The summed E-state index contributed by atoms with van der Waals surface area (Å²) < 4.78 is 26.3. The Bertz CT molecular complexity index is 794. The van der Waals surface area contributed by atoms with Crippen LogP contribution in [0.25, 0.3) is 0 Å². The molecule has 0 atom stereocenters. The maximum atomic E-state index is 12.7. The Morgan fingerprint density at radius 3 is 2.27 bits per heavy atom. The van der Waals surface area contributed by atoms with Crippen molar-refractivity contribution in [3.63, 3.8) is 0 Å². The van der Waals surface area contributed by atoms with Gasteiger partial charge in [0, 0.05) is 5.02 Å². The second kappa shape index (κ2) is 6.87. The number of carbonyl (C=O) groups is 1. The SMILES string of the molecule is O=C(Cl)CN(c1cc(Cl)ccc1Cl)S(=O)(=O)c1ccccc1. The summed E-state index contributed by atoms with van der Waals surface area (Å²) in [7, 11) is -4.00. The van der Waals surface area contributed by atoms with Crippen LogP contribution in [0.15, 0.2) is 53.4 Å². The van der Waals surface area contributed by atoms with Gasteiger partial charge in [-0.1, -0.05) is 41.4 Å². The first-order chi connectivity index (χ1) is 10.3. The van der Waals surface area contributed by atoms with E-state index in [1.54, 1.807) is 18.2 Å². The van der Waals surface area contributed by atoms with Gasteiger partial charge < -0.3 is 0 Å². The van der Waals surface area contributed by atoms with Gasteiger partial charge in [0.15, 0.2) is 0 Å². The Balaban J connectivity index is 2.60. The number of benzene rings is 2. The van der Waals surface area contributed by atoms with Gasteiger partial charge in [0.05, 0.1) is 15.6 Å². The van der Waals surface area contributed by atoms with Gasteiger partial charge in [0.25, 0.3) is 10.0 Å². The van der Waals surface area contributed by atoms with Crippen molar-refractivity contribution in [1.82, 2.24) is 0 Å². The maximum absolute atomic E-state index is 12.7. The quantitative estimate of drug-likeness (QED) is 0.740. The lowest BCUT2D eigenvalue weighted by Crippen LogP contribution is -2.34. The highest BCUT2D eigenvalue weighted by atomic mass is 35.5.